The molecule has 7 nitrogen and oxygen atoms in total. The molecule has 2 aromatic heterocycles. The average Bonchev–Trinajstić information content (AvgIpc) is 3.10. The molecule has 0 saturated carbocycles. The topological polar surface area (TPSA) is 92.4 Å². The van der Waals surface area contributed by atoms with E-state index in [9.17, 15) is 9.90 Å². The van der Waals surface area contributed by atoms with Crippen molar-refractivity contribution in [2.45, 2.75) is 32.9 Å². The van der Waals surface area contributed by atoms with Crippen LogP contribution in [0.15, 0.2) is 53.3 Å². The van der Waals surface area contributed by atoms with E-state index in [2.05, 4.69) is 15.1 Å². The van der Waals surface area contributed by atoms with Crippen LogP contribution in [0.2, 0.25) is 0 Å². The Balaban J connectivity index is 1.86. The molecule has 1 N–H and O–H groups in total. The van der Waals surface area contributed by atoms with Gasteiger partial charge in [-0.3, -0.25) is 9.88 Å². The normalized spacial score (nSPS) is 11.3. The van der Waals surface area contributed by atoms with Gasteiger partial charge in [0.15, 0.2) is 0 Å². The van der Waals surface area contributed by atoms with Gasteiger partial charge in [0.05, 0.1) is 0 Å². The fourth-order valence-corrected chi connectivity index (χ4v) is 2.53. The minimum absolute atomic E-state index is 0.274. The lowest BCUT2D eigenvalue weighted by Crippen LogP contribution is -2.44. The lowest BCUT2D eigenvalue weighted by atomic mass is 10.0. The summed E-state index contributed by atoms with van der Waals surface area (Å²) in [6.45, 7) is 5.87. The Bertz CT molecular complexity index is 900. The molecule has 1 aromatic carbocycles. The molecule has 0 aliphatic rings. The van der Waals surface area contributed by atoms with E-state index in [4.69, 9.17) is 4.52 Å². The second-order valence-electron chi connectivity index (χ2n) is 6.90. The van der Waals surface area contributed by atoms with Crippen molar-refractivity contribution in [2.75, 3.05) is 0 Å². The van der Waals surface area contributed by atoms with Gasteiger partial charge in [0.25, 0.3) is 5.89 Å². The number of carboxylic acid groups (broad SMARTS) is 1. The van der Waals surface area contributed by atoms with Gasteiger partial charge in [-0.15, -0.1) is 0 Å². The van der Waals surface area contributed by atoms with Crippen LogP contribution < -0.4 is 0 Å². The highest BCUT2D eigenvalue weighted by Crippen LogP contribution is 2.24. The molecule has 134 valence electrons. The number of hydrogen-bond acceptors (Lipinski definition) is 5. The Hall–Kier alpha value is -3.22. The van der Waals surface area contributed by atoms with Gasteiger partial charge in [0.2, 0.25) is 5.82 Å². The van der Waals surface area contributed by atoms with Crippen LogP contribution >= 0.6 is 0 Å². The van der Waals surface area contributed by atoms with Crippen LogP contribution in [0.3, 0.4) is 0 Å². The summed E-state index contributed by atoms with van der Waals surface area (Å²) < 4.78 is 5.36. The van der Waals surface area contributed by atoms with Crippen molar-refractivity contribution in [3.8, 4) is 22.8 Å². The van der Waals surface area contributed by atoms with Crippen LogP contribution in [0.25, 0.3) is 22.8 Å². The number of nitrogens with zero attached hydrogens (tertiary/aromatic N) is 4. The van der Waals surface area contributed by atoms with Gasteiger partial charge >= 0.3 is 6.09 Å². The summed E-state index contributed by atoms with van der Waals surface area (Å²) in [6.07, 6.45) is 2.39. The first-order valence-corrected chi connectivity index (χ1v) is 8.18. The lowest BCUT2D eigenvalue weighted by molar-refractivity contribution is 0.0956. The zero-order valence-corrected chi connectivity index (χ0v) is 14.9. The van der Waals surface area contributed by atoms with Gasteiger partial charge in [0.1, 0.15) is 0 Å². The highest BCUT2D eigenvalue weighted by Gasteiger charge is 2.26. The highest BCUT2D eigenvalue weighted by molar-refractivity contribution is 5.66. The minimum atomic E-state index is -0.959. The molecule has 2 heterocycles. The maximum atomic E-state index is 11.5. The first-order chi connectivity index (χ1) is 12.3. The molecular formula is C19H20N4O3. The van der Waals surface area contributed by atoms with Crippen molar-refractivity contribution in [1.82, 2.24) is 20.0 Å². The number of rotatable bonds is 4. The first kappa shape index (κ1) is 17.6. The van der Waals surface area contributed by atoms with Gasteiger partial charge in [-0.05, 0) is 50.6 Å². The van der Waals surface area contributed by atoms with Crippen molar-refractivity contribution in [3.63, 3.8) is 0 Å². The number of pyridine rings is 1. The molecule has 0 aliphatic heterocycles. The lowest BCUT2D eigenvalue weighted by Gasteiger charge is -2.33. The molecule has 0 bridgehead atoms. The molecule has 0 radical (unpaired) electrons. The van der Waals surface area contributed by atoms with Crippen LogP contribution in [-0.2, 0) is 6.54 Å². The van der Waals surface area contributed by atoms with Gasteiger partial charge < -0.3 is 9.63 Å². The number of benzene rings is 1. The molecule has 0 atom stereocenters. The van der Waals surface area contributed by atoms with E-state index in [1.54, 1.807) is 18.5 Å². The van der Waals surface area contributed by atoms with E-state index in [1.165, 1.54) is 4.90 Å². The smallest absolute Gasteiger partial charge is 0.408 e. The summed E-state index contributed by atoms with van der Waals surface area (Å²) in [5.41, 5.74) is 1.86. The second kappa shape index (κ2) is 6.95. The molecule has 7 heteroatoms. The van der Waals surface area contributed by atoms with Crippen molar-refractivity contribution in [1.29, 1.82) is 0 Å². The summed E-state index contributed by atoms with van der Waals surface area (Å²) in [4.78, 5) is 21.4. The Kier molecular flexibility index (Phi) is 4.71. The Morgan fingerprint density at radius 1 is 1.19 bits per heavy atom. The van der Waals surface area contributed by atoms with Crippen molar-refractivity contribution < 1.29 is 14.4 Å². The fourth-order valence-electron chi connectivity index (χ4n) is 2.53. The van der Waals surface area contributed by atoms with Gasteiger partial charge in [-0.25, -0.2) is 4.79 Å². The van der Waals surface area contributed by atoms with Gasteiger partial charge in [-0.1, -0.05) is 17.3 Å². The average molecular weight is 352 g/mol. The van der Waals surface area contributed by atoms with Crippen LogP contribution in [-0.4, -0.2) is 36.8 Å². The summed E-state index contributed by atoms with van der Waals surface area (Å²) in [5, 5.41) is 13.5. The zero-order valence-electron chi connectivity index (χ0n) is 14.9. The molecule has 3 rings (SSSR count). The molecular weight excluding hydrogens is 332 g/mol. The third-order valence-electron chi connectivity index (χ3n) is 3.90. The monoisotopic (exact) mass is 352 g/mol. The molecule has 1 amide bonds. The van der Waals surface area contributed by atoms with E-state index in [1.807, 2.05) is 51.1 Å². The maximum Gasteiger partial charge on any atom is 0.408 e. The van der Waals surface area contributed by atoms with Crippen molar-refractivity contribution in [2.24, 2.45) is 0 Å². The summed E-state index contributed by atoms with van der Waals surface area (Å²) in [5.74, 6) is 0.837. The van der Waals surface area contributed by atoms with Gasteiger partial charge in [-0.2, -0.15) is 4.98 Å². The maximum absolute atomic E-state index is 11.5. The quantitative estimate of drug-likeness (QED) is 0.760. The Morgan fingerprint density at radius 3 is 2.62 bits per heavy atom. The third-order valence-corrected chi connectivity index (χ3v) is 3.90. The molecule has 3 aromatic rings. The Morgan fingerprint density at radius 2 is 1.96 bits per heavy atom. The van der Waals surface area contributed by atoms with E-state index in [0.717, 1.165) is 16.7 Å². The standard InChI is InChI=1S/C19H20N4O3/c1-19(2,3)23(18(24)25)12-13-6-4-7-14(10-13)17-21-16(22-26-17)15-8-5-9-20-11-15/h4-11H,12H2,1-3H3,(H,24,25). The van der Waals surface area contributed by atoms with Crippen LogP contribution in [0, 0.1) is 0 Å². The molecule has 0 aliphatic carbocycles. The zero-order chi connectivity index (χ0) is 18.7. The van der Waals surface area contributed by atoms with E-state index >= 15 is 0 Å². The molecule has 26 heavy (non-hydrogen) atoms. The number of aromatic nitrogens is 3. The SMILES string of the molecule is CC(C)(C)N(Cc1cccc(-c2nc(-c3cccnc3)no2)c1)C(=O)O. The van der Waals surface area contributed by atoms with Crippen molar-refractivity contribution in [3.05, 3.63) is 54.4 Å². The van der Waals surface area contributed by atoms with E-state index in [-0.39, 0.29) is 6.54 Å². The summed E-state index contributed by atoms with van der Waals surface area (Å²) in [7, 11) is 0. The first-order valence-electron chi connectivity index (χ1n) is 8.18. The molecule has 0 fully saturated rings. The third kappa shape index (κ3) is 3.88. The number of hydrogen-bond donors (Lipinski definition) is 1. The fraction of sp³-hybridized carbons (Fsp3) is 0.263. The van der Waals surface area contributed by atoms with Crippen LogP contribution in [0.1, 0.15) is 26.3 Å². The predicted molar refractivity (Wildman–Crippen MR) is 96.3 cm³/mol. The summed E-state index contributed by atoms with van der Waals surface area (Å²) in [6, 6.07) is 11.1. The van der Waals surface area contributed by atoms with Crippen LogP contribution in [0.4, 0.5) is 4.79 Å². The number of carbonyl (C=O) groups is 1. The molecule has 0 unspecified atom stereocenters. The van der Waals surface area contributed by atoms with Gasteiger partial charge in [0, 0.05) is 35.6 Å². The highest BCUT2D eigenvalue weighted by atomic mass is 16.5. The number of amides is 1. The second-order valence-corrected chi connectivity index (χ2v) is 6.90. The van der Waals surface area contributed by atoms with E-state index in [0.29, 0.717) is 11.7 Å². The largest absolute Gasteiger partial charge is 0.465 e. The predicted octanol–water partition coefficient (Wildman–Crippen LogP) is 4.08. The minimum Gasteiger partial charge on any atom is -0.465 e. The molecule has 0 spiro atoms. The van der Waals surface area contributed by atoms with Crippen molar-refractivity contribution >= 4 is 6.09 Å². The van der Waals surface area contributed by atoms with Crippen LogP contribution in [0.5, 0.6) is 0 Å². The Labute approximate surface area is 151 Å². The van der Waals surface area contributed by atoms with E-state index < -0.39 is 11.6 Å². The summed E-state index contributed by atoms with van der Waals surface area (Å²) >= 11 is 0. The molecule has 0 saturated heterocycles.